The van der Waals surface area contributed by atoms with Crippen LogP contribution < -0.4 is 5.32 Å². The maximum atomic E-state index is 13.5. The van der Waals surface area contributed by atoms with Gasteiger partial charge in [0.1, 0.15) is 12.4 Å². The van der Waals surface area contributed by atoms with Crippen molar-refractivity contribution in [2.45, 2.75) is 35.9 Å². The number of piperidine rings is 1. The lowest BCUT2D eigenvalue weighted by molar-refractivity contribution is -0.147. The lowest BCUT2D eigenvalue weighted by atomic mass is 9.97. The summed E-state index contributed by atoms with van der Waals surface area (Å²) in [5, 5.41) is 12.4. The summed E-state index contributed by atoms with van der Waals surface area (Å²) in [6.45, 7) is -0.352. The third-order valence-electron chi connectivity index (χ3n) is 6.18. The number of halogens is 2. The topological polar surface area (TPSA) is 107 Å². The summed E-state index contributed by atoms with van der Waals surface area (Å²) in [5.41, 5.74) is -0.0228. The Kier molecular flexibility index (Phi) is 6.45. The van der Waals surface area contributed by atoms with Gasteiger partial charge in [-0.25, -0.2) is 12.8 Å². The van der Waals surface area contributed by atoms with Crippen molar-refractivity contribution in [1.82, 2.24) is 14.5 Å². The molecule has 1 amide bonds. The molecule has 8 nitrogen and oxygen atoms in total. The Hall–Kier alpha value is -2.53. The van der Waals surface area contributed by atoms with Gasteiger partial charge >= 0.3 is 5.97 Å². The molecule has 2 heterocycles. The molecule has 0 aliphatic carbocycles. The number of carbonyl (C=O) groups excluding carboxylic acids is 1. The van der Waals surface area contributed by atoms with Crippen LogP contribution in [-0.2, 0) is 26.0 Å². The number of sulfonamides is 1. The van der Waals surface area contributed by atoms with Gasteiger partial charge in [-0.2, -0.15) is 4.31 Å². The van der Waals surface area contributed by atoms with E-state index < -0.39 is 40.1 Å². The molecule has 2 aromatic rings. The maximum absolute atomic E-state index is 13.5. The number of hydrogen-bond donors (Lipinski definition) is 2. The second kappa shape index (κ2) is 9.02. The molecule has 2 aliphatic rings. The zero-order valence-corrected chi connectivity index (χ0v) is 19.2. The first kappa shape index (κ1) is 23.6. The summed E-state index contributed by atoms with van der Waals surface area (Å²) in [4.78, 5) is 25.8. The standard InChI is InChI=1S/C22H23ClFN3O5S/c23-17-13-16(6-7-18(17)24)33(31,32)26-10-8-22(9-11-26)25-19(12-15-4-2-1-3-5-15)21(30)27(22)14-20(28)29/h1-7,13,19,25H,8-12,14H2,(H,28,29). The van der Waals surface area contributed by atoms with Crippen LogP contribution in [-0.4, -0.2) is 65.9 Å². The van der Waals surface area contributed by atoms with Gasteiger partial charge in [-0.1, -0.05) is 41.9 Å². The van der Waals surface area contributed by atoms with Crippen molar-refractivity contribution in [3.63, 3.8) is 0 Å². The number of carboxylic acids is 1. The van der Waals surface area contributed by atoms with Gasteiger partial charge in [0.2, 0.25) is 15.9 Å². The monoisotopic (exact) mass is 495 g/mol. The highest BCUT2D eigenvalue weighted by Gasteiger charge is 2.52. The molecular formula is C22H23ClFN3O5S. The molecule has 2 fully saturated rings. The molecule has 33 heavy (non-hydrogen) atoms. The third kappa shape index (κ3) is 4.61. The minimum Gasteiger partial charge on any atom is -0.480 e. The van der Waals surface area contributed by atoms with Gasteiger partial charge in [0.05, 0.1) is 21.6 Å². The van der Waals surface area contributed by atoms with E-state index in [0.29, 0.717) is 6.42 Å². The highest BCUT2D eigenvalue weighted by molar-refractivity contribution is 7.89. The third-order valence-corrected chi connectivity index (χ3v) is 8.36. The molecule has 1 unspecified atom stereocenters. The number of nitrogens with one attached hydrogen (secondary N) is 1. The molecule has 2 N–H and O–H groups in total. The fourth-order valence-electron chi connectivity index (χ4n) is 4.51. The maximum Gasteiger partial charge on any atom is 0.323 e. The number of aliphatic carboxylic acids is 1. The lowest BCUT2D eigenvalue weighted by Crippen LogP contribution is -2.60. The second-order valence-electron chi connectivity index (χ2n) is 8.22. The molecule has 11 heteroatoms. The van der Waals surface area contributed by atoms with Crippen molar-refractivity contribution in [1.29, 1.82) is 0 Å². The fraction of sp³-hybridized carbons (Fsp3) is 0.364. The van der Waals surface area contributed by atoms with E-state index in [1.807, 2.05) is 30.3 Å². The van der Waals surface area contributed by atoms with E-state index in [1.54, 1.807) is 0 Å². The number of hydrogen-bond acceptors (Lipinski definition) is 5. The van der Waals surface area contributed by atoms with Crippen LogP contribution in [0.4, 0.5) is 4.39 Å². The highest BCUT2D eigenvalue weighted by Crippen LogP contribution is 2.35. The molecular weight excluding hydrogens is 473 g/mol. The summed E-state index contributed by atoms with van der Waals surface area (Å²) >= 11 is 5.76. The van der Waals surface area contributed by atoms with E-state index in [9.17, 15) is 27.5 Å². The molecule has 2 saturated heterocycles. The minimum atomic E-state index is -3.93. The van der Waals surface area contributed by atoms with Crippen LogP contribution in [0.2, 0.25) is 5.02 Å². The highest BCUT2D eigenvalue weighted by atomic mass is 35.5. The first-order chi connectivity index (χ1) is 15.6. The molecule has 4 rings (SSSR count). The van der Waals surface area contributed by atoms with Crippen LogP contribution in [0.15, 0.2) is 53.4 Å². The van der Waals surface area contributed by atoms with Crippen LogP contribution in [0.3, 0.4) is 0 Å². The number of benzene rings is 2. The first-order valence-electron chi connectivity index (χ1n) is 10.4. The summed E-state index contributed by atoms with van der Waals surface area (Å²) in [7, 11) is -3.93. The molecule has 2 aromatic carbocycles. The van der Waals surface area contributed by atoms with E-state index in [-0.39, 0.29) is 41.8 Å². The van der Waals surface area contributed by atoms with Gasteiger partial charge in [-0.05, 0) is 43.0 Å². The van der Waals surface area contributed by atoms with Gasteiger partial charge in [-0.15, -0.1) is 0 Å². The number of carboxylic acid groups (broad SMARTS) is 1. The van der Waals surface area contributed by atoms with E-state index in [0.717, 1.165) is 23.8 Å². The lowest BCUT2D eigenvalue weighted by Gasteiger charge is -2.43. The van der Waals surface area contributed by atoms with Crippen molar-refractivity contribution in [2.24, 2.45) is 0 Å². The van der Waals surface area contributed by atoms with E-state index >= 15 is 0 Å². The van der Waals surface area contributed by atoms with E-state index in [1.165, 1.54) is 9.21 Å². The average molecular weight is 496 g/mol. The van der Waals surface area contributed by atoms with E-state index in [4.69, 9.17) is 11.6 Å². The van der Waals surface area contributed by atoms with Crippen LogP contribution in [0, 0.1) is 5.82 Å². The normalized spacial score (nSPS) is 21.0. The Labute approximate surface area is 196 Å². The van der Waals surface area contributed by atoms with Gasteiger partial charge < -0.3 is 10.0 Å². The van der Waals surface area contributed by atoms with Crippen LogP contribution in [0.5, 0.6) is 0 Å². The molecule has 0 radical (unpaired) electrons. The summed E-state index contributed by atoms with van der Waals surface area (Å²) < 4.78 is 40.8. The van der Waals surface area contributed by atoms with Gasteiger partial charge in [0.25, 0.3) is 0 Å². The Balaban J connectivity index is 1.54. The number of rotatable bonds is 6. The Morgan fingerprint density at radius 2 is 1.85 bits per heavy atom. The van der Waals surface area contributed by atoms with Crippen molar-refractivity contribution in [3.05, 3.63) is 64.9 Å². The van der Waals surface area contributed by atoms with Crippen molar-refractivity contribution < 1.29 is 27.5 Å². The summed E-state index contributed by atoms with van der Waals surface area (Å²) in [6.07, 6.45) is 0.824. The minimum absolute atomic E-state index is 0.0613. The summed E-state index contributed by atoms with van der Waals surface area (Å²) in [5.74, 6) is -2.17. The molecule has 2 aliphatic heterocycles. The molecule has 176 valence electrons. The van der Waals surface area contributed by atoms with Crippen molar-refractivity contribution in [3.8, 4) is 0 Å². The van der Waals surface area contributed by atoms with Crippen LogP contribution >= 0.6 is 11.6 Å². The Morgan fingerprint density at radius 3 is 2.45 bits per heavy atom. The molecule has 0 saturated carbocycles. The fourth-order valence-corrected chi connectivity index (χ4v) is 6.23. The quantitative estimate of drug-likeness (QED) is 0.635. The van der Waals surface area contributed by atoms with Crippen LogP contribution in [0.25, 0.3) is 0 Å². The Morgan fingerprint density at radius 1 is 1.18 bits per heavy atom. The largest absolute Gasteiger partial charge is 0.480 e. The summed E-state index contributed by atoms with van der Waals surface area (Å²) in [6, 6.07) is 12.0. The smallest absolute Gasteiger partial charge is 0.323 e. The zero-order valence-electron chi connectivity index (χ0n) is 17.6. The molecule has 0 aromatic heterocycles. The van der Waals surface area contributed by atoms with Gasteiger partial charge in [0, 0.05) is 13.1 Å². The zero-order chi connectivity index (χ0) is 23.8. The Bertz CT molecular complexity index is 1170. The second-order valence-corrected chi connectivity index (χ2v) is 10.6. The molecule has 0 bridgehead atoms. The van der Waals surface area contributed by atoms with Gasteiger partial charge in [-0.3, -0.25) is 14.9 Å². The predicted octanol–water partition coefficient (Wildman–Crippen LogP) is 2.09. The van der Waals surface area contributed by atoms with Crippen LogP contribution in [0.1, 0.15) is 18.4 Å². The number of amides is 1. The molecule has 1 spiro atoms. The molecule has 1 atom stereocenters. The average Bonchev–Trinajstić information content (AvgIpc) is 3.01. The van der Waals surface area contributed by atoms with Crippen molar-refractivity contribution >= 4 is 33.5 Å². The first-order valence-corrected chi connectivity index (χ1v) is 12.2. The van der Waals surface area contributed by atoms with E-state index in [2.05, 4.69) is 5.32 Å². The predicted molar refractivity (Wildman–Crippen MR) is 119 cm³/mol. The SMILES string of the molecule is O=C(O)CN1C(=O)C(Cc2ccccc2)NC12CCN(S(=O)(=O)c1ccc(F)c(Cl)c1)CC2. The number of carbonyl (C=O) groups is 2. The number of nitrogens with zero attached hydrogens (tertiary/aromatic N) is 2. The van der Waals surface area contributed by atoms with Gasteiger partial charge in [0.15, 0.2) is 0 Å². The van der Waals surface area contributed by atoms with Crippen molar-refractivity contribution in [2.75, 3.05) is 19.6 Å².